The molecule has 5 heteroatoms. The highest BCUT2D eigenvalue weighted by molar-refractivity contribution is 5.20. The smallest absolute Gasteiger partial charge is 0.155 e. The Morgan fingerprint density at radius 3 is 3.11 bits per heavy atom. The van der Waals surface area contributed by atoms with Crippen LogP contribution >= 0.6 is 0 Å². The average Bonchev–Trinajstić information content (AvgIpc) is 2.73. The number of hydrogen-bond donors (Lipinski definition) is 1. The monoisotopic (exact) mass is 246 g/mol. The summed E-state index contributed by atoms with van der Waals surface area (Å²) in [5, 5.41) is 4.43. The van der Waals surface area contributed by atoms with E-state index in [9.17, 15) is 4.39 Å². The predicted molar refractivity (Wildman–Crippen MR) is 65.4 cm³/mol. The lowest BCUT2D eigenvalue weighted by atomic mass is 10.1. The van der Waals surface area contributed by atoms with Gasteiger partial charge in [-0.3, -0.25) is 0 Å². The largest absolute Gasteiger partial charge is 0.321 e. The van der Waals surface area contributed by atoms with Gasteiger partial charge in [0.1, 0.15) is 11.6 Å². The topological polar surface area (TPSA) is 56.7 Å². The Morgan fingerprint density at radius 1 is 1.44 bits per heavy atom. The minimum atomic E-state index is -0.229. The van der Waals surface area contributed by atoms with Gasteiger partial charge in [0.2, 0.25) is 0 Å². The van der Waals surface area contributed by atoms with Crippen LogP contribution in [-0.2, 0) is 13.0 Å². The first kappa shape index (κ1) is 11.3. The summed E-state index contributed by atoms with van der Waals surface area (Å²) in [6, 6.07) is 6.51. The molecular weight excluding hydrogens is 231 g/mol. The normalized spacial score (nSPS) is 18.7. The molecule has 0 amide bonds. The van der Waals surface area contributed by atoms with Gasteiger partial charge in [0.05, 0.1) is 6.04 Å². The molecule has 2 heterocycles. The first-order chi connectivity index (χ1) is 8.72. The minimum absolute atomic E-state index is 0.0208. The lowest BCUT2D eigenvalue weighted by molar-refractivity contribution is 0.421. The van der Waals surface area contributed by atoms with Crippen LogP contribution in [0.4, 0.5) is 4.39 Å². The zero-order valence-electron chi connectivity index (χ0n) is 10.0. The molecule has 0 bridgehead atoms. The zero-order chi connectivity index (χ0) is 12.5. The van der Waals surface area contributed by atoms with E-state index in [1.807, 2.05) is 10.7 Å². The average molecular weight is 246 g/mol. The molecule has 0 saturated heterocycles. The van der Waals surface area contributed by atoms with E-state index < -0.39 is 0 Å². The van der Waals surface area contributed by atoms with Crippen LogP contribution in [0, 0.1) is 5.82 Å². The van der Waals surface area contributed by atoms with E-state index in [0.29, 0.717) is 12.2 Å². The number of fused-ring (bicyclic) bond motifs is 1. The lowest BCUT2D eigenvalue weighted by Gasteiger charge is -2.17. The number of halogens is 1. The molecule has 1 unspecified atom stereocenters. The van der Waals surface area contributed by atoms with Crippen LogP contribution < -0.4 is 5.73 Å². The molecule has 1 aliphatic heterocycles. The van der Waals surface area contributed by atoms with E-state index in [-0.39, 0.29) is 11.9 Å². The van der Waals surface area contributed by atoms with Crippen molar-refractivity contribution < 1.29 is 4.39 Å². The van der Waals surface area contributed by atoms with Gasteiger partial charge in [0, 0.05) is 13.0 Å². The van der Waals surface area contributed by atoms with Crippen molar-refractivity contribution in [1.82, 2.24) is 14.8 Å². The summed E-state index contributed by atoms with van der Waals surface area (Å²) in [4.78, 5) is 4.46. The Bertz CT molecular complexity index is 564. The van der Waals surface area contributed by atoms with E-state index in [2.05, 4.69) is 10.1 Å². The number of aryl methyl sites for hydroxylation is 1. The number of nitrogens with zero attached hydrogens (tertiary/aromatic N) is 3. The molecule has 0 radical (unpaired) electrons. The van der Waals surface area contributed by atoms with Gasteiger partial charge in [-0.25, -0.2) is 14.1 Å². The maximum atomic E-state index is 13.1. The Kier molecular flexibility index (Phi) is 2.83. The fraction of sp³-hybridized carbons (Fsp3) is 0.385. The third-order valence-corrected chi connectivity index (χ3v) is 3.21. The molecule has 1 atom stereocenters. The van der Waals surface area contributed by atoms with Gasteiger partial charge in [-0.1, -0.05) is 12.1 Å². The van der Waals surface area contributed by atoms with Gasteiger partial charge >= 0.3 is 0 Å². The quantitative estimate of drug-likeness (QED) is 0.879. The molecule has 1 aromatic carbocycles. The molecule has 0 spiro atoms. The Labute approximate surface area is 105 Å². The molecule has 1 aromatic heterocycles. The van der Waals surface area contributed by atoms with Crippen LogP contribution in [0.25, 0.3) is 0 Å². The number of rotatable bonds is 2. The molecule has 94 valence electrons. The molecule has 0 aliphatic carbocycles. The van der Waals surface area contributed by atoms with E-state index in [0.717, 1.165) is 30.8 Å². The lowest BCUT2D eigenvalue weighted by Crippen LogP contribution is -2.22. The zero-order valence-corrected chi connectivity index (χ0v) is 10.0. The van der Waals surface area contributed by atoms with Gasteiger partial charge in [-0.2, -0.15) is 5.10 Å². The summed E-state index contributed by atoms with van der Waals surface area (Å²) < 4.78 is 15.0. The van der Waals surface area contributed by atoms with E-state index in [1.54, 1.807) is 6.07 Å². The molecule has 0 saturated carbocycles. The van der Waals surface area contributed by atoms with Crippen LogP contribution in [0.1, 0.15) is 36.1 Å². The maximum Gasteiger partial charge on any atom is 0.155 e. The number of aromatic nitrogens is 3. The highest BCUT2D eigenvalue weighted by atomic mass is 19.1. The van der Waals surface area contributed by atoms with Crippen molar-refractivity contribution in [2.24, 2.45) is 5.73 Å². The van der Waals surface area contributed by atoms with E-state index in [1.165, 1.54) is 12.1 Å². The minimum Gasteiger partial charge on any atom is -0.321 e. The summed E-state index contributed by atoms with van der Waals surface area (Å²) in [5.74, 6) is 1.34. The summed E-state index contributed by atoms with van der Waals surface area (Å²) in [6.07, 6.45) is 2.54. The number of nitrogens with two attached hydrogens (primary N) is 1. The second-order valence-corrected chi connectivity index (χ2v) is 4.66. The number of hydrogen-bond acceptors (Lipinski definition) is 3. The molecule has 4 nitrogen and oxygen atoms in total. The fourth-order valence-corrected chi connectivity index (χ4v) is 2.34. The SMILES string of the molecule is NC1CCCn2nc(Cc3cccc(F)c3)nc21. The van der Waals surface area contributed by atoms with Crippen LogP contribution in [-0.4, -0.2) is 14.8 Å². The van der Waals surface area contributed by atoms with Crippen LogP contribution in [0.2, 0.25) is 0 Å². The van der Waals surface area contributed by atoms with Gasteiger partial charge in [0.25, 0.3) is 0 Å². The molecule has 3 rings (SSSR count). The van der Waals surface area contributed by atoms with Crippen molar-refractivity contribution in [3.63, 3.8) is 0 Å². The molecule has 1 aliphatic rings. The van der Waals surface area contributed by atoms with Crippen LogP contribution in [0.15, 0.2) is 24.3 Å². The standard InChI is InChI=1S/C13H15FN4/c14-10-4-1-3-9(7-10)8-12-16-13-11(15)5-2-6-18(13)17-12/h1,3-4,7,11H,2,5-6,8,15H2. The van der Waals surface area contributed by atoms with Crippen molar-refractivity contribution in [2.45, 2.75) is 31.8 Å². The molecule has 2 N–H and O–H groups in total. The van der Waals surface area contributed by atoms with Crippen molar-refractivity contribution in [1.29, 1.82) is 0 Å². The summed E-state index contributed by atoms with van der Waals surface area (Å²) >= 11 is 0. The third-order valence-electron chi connectivity index (χ3n) is 3.21. The number of benzene rings is 1. The van der Waals surface area contributed by atoms with E-state index >= 15 is 0 Å². The summed E-state index contributed by atoms with van der Waals surface area (Å²) in [6.45, 7) is 0.874. The van der Waals surface area contributed by atoms with Crippen molar-refractivity contribution in [3.8, 4) is 0 Å². The third kappa shape index (κ3) is 2.13. The van der Waals surface area contributed by atoms with Crippen molar-refractivity contribution >= 4 is 0 Å². The highest BCUT2D eigenvalue weighted by Crippen LogP contribution is 2.21. The highest BCUT2D eigenvalue weighted by Gasteiger charge is 2.20. The van der Waals surface area contributed by atoms with Gasteiger partial charge in [-0.15, -0.1) is 0 Å². The van der Waals surface area contributed by atoms with Crippen LogP contribution in [0.5, 0.6) is 0 Å². The second-order valence-electron chi connectivity index (χ2n) is 4.66. The van der Waals surface area contributed by atoms with Crippen molar-refractivity contribution in [2.75, 3.05) is 0 Å². The molecular formula is C13H15FN4. The van der Waals surface area contributed by atoms with Gasteiger partial charge in [0.15, 0.2) is 5.82 Å². The summed E-state index contributed by atoms with van der Waals surface area (Å²) in [5.41, 5.74) is 6.87. The van der Waals surface area contributed by atoms with Crippen molar-refractivity contribution in [3.05, 3.63) is 47.3 Å². The molecule has 0 fully saturated rings. The van der Waals surface area contributed by atoms with E-state index in [4.69, 9.17) is 5.73 Å². The Morgan fingerprint density at radius 2 is 2.33 bits per heavy atom. The molecule has 18 heavy (non-hydrogen) atoms. The first-order valence-electron chi connectivity index (χ1n) is 6.16. The van der Waals surface area contributed by atoms with Gasteiger partial charge < -0.3 is 5.73 Å². The maximum absolute atomic E-state index is 13.1. The predicted octanol–water partition coefficient (Wildman–Crippen LogP) is 1.80. The fourth-order valence-electron chi connectivity index (χ4n) is 2.34. The van der Waals surface area contributed by atoms with Gasteiger partial charge in [-0.05, 0) is 30.5 Å². The molecule has 2 aromatic rings. The summed E-state index contributed by atoms with van der Waals surface area (Å²) in [7, 11) is 0. The Hall–Kier alpha value is -1.75. The second kappa shape index (κ2) is 4.49. The van der Waals surface area contributed by atoms with Crippen LogP contribution in [0.3, 0.4) is 0 Å². The first-order valence-corrected chi connectivity index (χ1v) is 6.16. The Balaban J connectivity index is 1.85.